The number of hydrogen-bond acceptors (Lipinski definition) is 10. The maximum Gasteiger partial charge on any atom is 0.252 e. The monoisotopic (exact) mass is 535 g/mol. The molecule has 0 saturated heterocycles. The molecule has 0 bridgehead atoms. The van der Waals surface area contributed by atoms with Crippen molar-refractivity contribution in [1.29, 1.82) is 0 Å². The molecule has 36 heavy (non-hydrogen) atoms. The molecular weight excluding hydrogens is 494 g/mol. The maximum atomic E-state index is 11.4. The predicted octanol–water partition coefficient (Wildman–Crippen LogP) is 1.92. The quantitative estimate of drug-likeness (QED) is 0.133. The lowest BCUT2D eigenvalue weighted by Gasteiger charge is -2.09. The fourth-order valence-electron chi connectivity index (χ4n) is 2.80. The molecule has 0 unspecified atom stereocenters. The summed E-state index contributed by atoms with van der Waals surface area (Å²) < 4.78 is 42.8. The first-order chi connectivity index (χ1) is 17.8. The highest BCUT2D eigenvalue weighted by Gasteiger charge is 2.07. The van der Waals surface area contributed by atoms with Crippen LogP contribution in [-0.4, -0.2) is 118 Å². The van der Waals surface area contributed by atoms with Gasteiger partial charge >= 0.3 is 0 Å². The van der Waals surface area contributed by atoms with Crippen molar-refractivity contribution in [2.45, 2.75) is 6.54 Å². The number of hydrogen-bond donors (Lipinski definition) is 1. The number of rotatable bonds is 27. The van der Waals surface area contributed by atoms with E-state index in [0.29, 0.717) is 118 Å². The number of halogens is 1. The van der Waals surface area contributed by atoms with E-state index in [-0.39, 0.29) is 0 Å². The van der Waals surface area contributed by atoms with E-state index in [1.165, 1.54) is 0 Å². The second-order valence-electron chi connectivity index (χ2n) is 7.39. The van der Waals surface area contributed by atoms with E-state index >= 15 is 0 Å². The van der Waals surface area contributed by atoms with Gasteiger partial charge in [-0.3, -0.25) is 4.79 Å². The third kappa shape index (κ3) is 19.9. The highest BCUT2D eigenvalue weighted by molar-refractivity contribution is 6.67. The van der Waals surface area contributed by atoms with Crippen molar-refractivity contribution < 1.29 is 42.7 Å². The second-order valence-corrected chi connectivity index (χ2v) is 7.73. The van der Waals surface area contributed by atoms with Crippen LogP contribution in [0.3, 0.4) is 0 Å². The van der Waals surface area contributed by atoms with Crippen LogP contribution in [0.4, 0.5) is 0 Å². The van der Waals surface area contributed by atoms with Crippen molar-refractivity contribution in [2.24, 2.45) is 0 Å². The molecule has 0 fully saturated rings. The fraction of sp³-hybridized carbons (Fsp3) is 0.720. The van der Waals surface area contributed by atoms with E-state index in [0.717, 1.165) is 5.56 Å². The van der Waals surface area contributed by atoms with E-state index < -0.39 is 5.24 Å². The lowest BCUT2D eigenvalue weighted by atomic mass is 10.1. The largest absolute Gasteiger partial charge is 0.382 e. The van der Waals surface area contributed by atoms with Gasteiger partial charge in [0.05, 0.1) is 99.1 Å². The van der Waals surface area contributed by atoms with Crippen LogP contribution in [0, 0.1) is 0 Å². The minimum absolute atomic E-state index is 0.448. The Morgan fingerprint density at radius 1 is 0.639 bits per heavy atom. The van der Waals surface area contributed by atoms with Gasteiger partial charge in [-0.25, -0.2) is 0 Å². The summed E-state index contributed by atoms with van der Waals surface area (Å²) in [5, 5.41) is 2.78. The third-order valence-electron chi connectivity index (χ3n) is 4.63. The van der Waals surface area contributed by atoms with Gasteiger partial charge in [-0.05, 0) is 23.2 Å². The number of nitrogens with one attached hydrogen (secondary N) is 1. The molecule has 208 valence electrons. The Balaban J connectivity index is 1.72. The third-order valence-corrected chi connectivity index (χ3v) is 4.84. The van der Waals surface area contributed by atoms with Crippen molar-refractivity contribution in [3.05, 3.63) is 35.4 Å². The van der Waals surface area contributed by atoms with Crippen molar-refractivity contribution >= 4 is 16.8 Å². The molecule has 0 saturated carbocycles. The SMILES string of the molecule is COCCOCCOCCOCCOCCOCCOCCOCCNCc1ccccc1C(=O)Cl. The van der Waals surface area contributed by atoms with Gasteiger partial charge in [0.1, 0.15) is 0 Å². The molecule has 0 aromatic heterocycles. The number of ether oxygens (including phenoxy) is 8. The molecule has 0 amide bonds. The van der Waals surface area contributed by atoms with E-state index in [4.69, 9.17) is 49.5 Å². The Kier molecular flexibility index (Phi) is 23.2. The molecule has 10 nitrogen and oxygen atoms in total. The molecular formula is C25H42ClNO9. The van der Waals surface area contributed by atoms with Crippen LogP contribution in [0.15, 0.2) is 24.3 Å². The topological polar surface area (TPSA) is 103 Å². The summed E-state index contributed by atoms with van der Waals surface area (Å²) >= 11 is 5.59. The van der Waals surface area contributed by atoms with Crippen LogP contribution in [0.25, 0.3) is 0 Å². The van der Waals surface area contributed by atoms with E-state index in [2.05, 4.69) is 5.32 Å². The van der Waals surface area contributed by atoms with Crippen LogP contribution in [-0.2, 0) is 44.4 Å². The van der Waals surface area contributed by atoms with Crippen molar-refractivity contribution in [3.8, 4) is 0 Å². The molecule has 0 aliphatic heterocycles. The lowest BCUT2D eigenvalue weighted by molar-refractivity contribution is -0.0220. The normalized spacial score (nSPS) is 11.3. The van der Waals surface area contributed by atoms with Gasteiger partial charge in [-0.1, -0.05) is 18.2 Å². The van der Waals surface area contributed by atoms with Crippen LogP contribution in [0.5, 0.6) is 0 Å². The van der Waals surface area contributed by atoms with Crippen LogP contribution >= 0.6 is 11.6 Å². The molecule has 0 spiro atoms. The van der Waals surface area contributed by atoms with Gasteiger partial charge in [-0.2, -0.15) is 0 Å². The minimum atomic E-state index is -0.448. The molecule has 0 aliphatic rings. The smallest absolute Gasteiger partial charge is 0.252 e. The first kappa shape index (κ1) is 32.8. The second kappa shape index (κ2) is 25.5. The summed E-state index contributed by atoms with van der Waals surface area (Å²) in [6, 6.07) is 7.27. The first-order valence-electron chi connectivity index (χ1n) is 12.3. The Hall–Kier alpha value is -1.18. The van der Waals surface area contributed by atoms with Gasteiger partial charge in [0.2, 0.25) is 0 Å². The molecule has 1 aromatic carbocycles. The standard InChI is InChI=1S/C25H42ClNO9/c1-29-8-9-31-12-13-33-16-17-35-20-21-36-19-18-34-15-14-32-11-10-30-7-6-27-22-23-4-2-3-5-24(23)25(26)28/h2-5,27H,6-22H2,1H3. The Labute approximate surface area is 219 Å². The zero-order chi connectivity index (χ0) is 25.9. The van der Waals surface area contributed by atoms with Gasteiger partial charge in [0.25, 0.3) is 5.24 Å². The molecule has 0 aliphatic carbocycles. The predicted molar refractivity (Wildman–Crippen MR) is 136 cm³/mol. The van der Waals surface area contributed by atoms with Crippen LogP contribution in [0.1, 0.15) is 15.9 Å². The van der Waals surface area contributed by atoms with Gasteiger partial charge in [-0.15, -0.1) is 0 Å². The van der Waals surface area contributed by atoms with E-state index in [9.17, 15) is 4.79 Å². The van der Waals surface area contributed by atoms with Crippen molar-refractivity contribution in [2.75, 3.05) is 113 Å². The summed E-state index contributed by atoms with van der Waals surface area (Å²) in [7, 11) is 1.64. The van der Waals surface area contributed by atoms with Gasteiger partial charge in [0.15, 0.2) is 0 Å². The van der Waals surface area contributed by atoms with Gasteiger partial charge in [0, 0.05) is 25.8 Å². The van der Waals surface area contributed by atoms with Crippen molar-refractivity contribution in [3.63, 3.8) is 0 Å². The first-order valence-corrected chi connectivity index (χ1v) is 12.6. The average molecular weight is 536 g/mol. The van der Waals surface area contributed by atoms with E-state index in [1.807, 2.05) is 12.1 Å². The zero-order valence-corrected chi connectivity index (χ0v) is 22.1. The fourth-order valence-corrected chi connectivity index (χ4v) is 2.98. The highest BCUT2D eigenvalue weighted by Crippen LogP contribution is 2.11. The summed E-state index contributed by atoms with van der Waals surface area (Å²) in [5.41, 5.74) is 1.40. The van der Waals surface area contributed by atoms with Gasteiger partial charge < -0.3 is 43.2 Å². The molecule has 11 heteroatoms. The Morgan fingerprint density at radius 2 is 1.03 bits per heavy atom. The Morgan fingerprint density at radius 3 is 1.44 bits per heavy atom. The zero-order valence-electron chi connectivity index (χ0n) is 21.4. The number of methoxy groups -OCH3 is 1. The summed E-state index contributed by atoms with van der Waals surface area (Å²) in [5.74, 6) is 0. The lowest BCUT2D eigenvalue weighted by Crippen LogP contribution is -2.21. The molecule has 0 radical (unpaired) electrons. The maximum absolute atomic E-state index is 11.4. The molecule has 1 N–H and O–H groups in total. The highest BCUT2D eigenvalue weighted by atomic mass is 35.5. The minimum Gasteiger partial charge on any atom is -0.382 e. The molecule has 1 aromatic rings. The van der Waals surface area contributed by atoms with Crippen LogP contribution in [0.2, 0.25) is 0 Å². The Bertz CT molecular complexity index is 639. The number of carbonyl (C=O) groups is 1. The average Bonchev–Trinajstić information content (AvgIpc) is 2.88. The number of benzene rings is 1. The van der Waals surface area contributed by atoms with Crippen LogP contribution < -0.4 is 5.32 Å². The summed E-state index contributed by atoms with van der Waals surface area (Å²) in [6.07, 6.45) is 0. The molecule has 1 rings (SSSR count). The molecule has 0 heterocycles. The molecule has 0 atom stereocenters. The summed E-state index contributed by atoms with van der Waals surface area (Å²) in [6.45, 7) is 9.20. The van der Waals surface area contributed by atoms with Crippen molar-refractivity contribution in [1.82, 2.24) is 5.32 Å². The van der Waals surface area contributed by atoms with E-state index in [1.54, 1.807) is 19.2 Å². The number of carbonyl (C=O) groups excluding carboxylic acids is 1. The summed E-state index contributed by atoms with van der Waals surface area (Å²) in [4.78, 5) is 11.4.